The van der Waals surface area contributed by atoms with E-state index in [9.17, 15) is 9.59 Å². The fraction of sp³-hybridized carbons (Fsp3) is 0.400. The van der Waals surface area contributed by atoms with Crippen LogP contribution in [-0.2, 0) is 4.79 Å². The van der Waals surface area contributed by atoms with Crippen molar-refractivity contribution in [1.29, 1.82) is 0 Å². The van der Waals surface area contributed by atoms with Crippen molar-refractivity contribution >= 4 is 23.0 Å². The van der Waals surface area contributed by atoms with Crippen LogP contribution in [0.5, 0.6) is 5.75 Å². The molecule has 1 N–H and O–H groups in total. The van der Waals surface area contributed by atoms with Gasteiger partial charge < -0.3 is 10.1 Å². The van der Waals surface area contributed by atoms with Crippen LogP contribution in [-0.4, -0.2) is 24.8 Å². The first-order chi connectivity index (χ1) is 11.7. The van der Waals surface area contributed by atoms with Gasteiger partial charge in [-0.05, 0) is 30.2 Å². The maximum Gasteiger partial charge on any atom is 0.258 e. The first-order valence-corrected chi connectivity index (χ1v) is 8.54. The number of amides is 1. The van der Waals surface area contributed by atoms with E-state index in [1.54, 1.807) is 6.07 Å². The van der Waals surface area contributed by atoms with Crippen molar-refractivity contribution in [3.63, 3.8) is 0 Å². The molecule has 0 aliphatic carbocycles. The van der Waals surface area contributed by atoms with Crippen LogP contribution < -0.4 is 10.1 Å². The average molecular weight is 327 g/mol. The summed E-state index contributed by atoms with van der Waals surface area (Å²) in [5.41, 5.74) is 0.483. The molecule has 0 saturated carbocycles. The lowest BCUT2D eigenvalue weighted by atomic mass is 10.0. The number of carbonyl (C=O) groups is 2. The summed E-state index contributed by atoms with van der Waals surface area (Å²) in [4.78, 5) is 23.4. The van der Waals surface area contributed by atoms with Crippen LogP contribution in [0.15, 0.2) is 36.4 Å². The Balaban J connectivity index is 1.95. The van der Waals surface area contributed by atoms with Gasteiger partial charge >= 0.3 is 0 Å². The van der Waals surface area contributed by atoms with E-state index in [-0.39, 0.29) is 18.6 Å². The maximum absolute atomic E-state index is 12.0. The number of aldehydes is 1. The van der Waals surface area contributed by atoms with Crippen LogP contribution in [0.2, 0.25) is 0 Å². The van der Waals surface area contributed by atoms with Gasteiger partial charge in [-0.25, -0.2) is 0 Å². The number of hydrogen-bond acceptors (Lipinski definition) is 3. The van der Waals surface area contributed by atoms with Gasteiger partial charge in [-0.3, -0.25) is 9.59 Å². The van der Waals surface area contributed by atoms with Crippen LogP contribution in [0.25, 0.3) is 10.8 Å². The Morgan fingerprint density at radius 3 is 2.75 bits per heavy atom. The van der Waals surface area contributed by atoms with Gasteiger partial charge in [0.2, 0.25) is 0 Å². The van der Waals surface area contributed by atoms with Crippen LogP contribution in [0.3, 0.4) is 0 Å². The van der Waals surface area contributed by atoms with Crippen LogP contribution in [0.1, 0.15) is 49.9 Å². The Morgan fingerprint density at radius 2 is 2.00 bits per heavy atom. The zero-order chi connectivity index (χ0) is 17.4. The maximum atomic E-state index is 12.0. The van der Waals surface area contributed by atoms with E-state index in [4.69, 9.17) is 4.74 Å². The lowest BCUT2D eigenvalue weighted by Crippen LogP contribution is -2.36. The highest BCUT2D eigenvalue weighted by Gasteiger charge is 2.11. The molecular formula is C20H25NO3. The van der Waals surface area contributed by atoms with E-state index in [0.29, 0.717) is 11.3 Å². The van der Waals surface area contributed by atoms with Gasteiger partial charge in [0.25, 0.3) is 5.91 Å². The van der Waals surface area contributed by atoms with Crippen LogP contribution in [0, 0.1) is 0 Å². The Morgan fingerprint density at radius 1 is 1.21 bits per heavy atom. The summed E-state index contributed by atoms with van der Waals surface area (Å²) in [5.74, 6) is 0.279. The molecule has 0 fully saturated rings. The van der Waals surface area contributed by atoms with Gasteiger partial charge in [0.05, 0.1) is 5.56 Å². The summed E-state index contributed by atoms with van der Waals surface area (Å²) in [7, 11) is 0. The van der Waals surface area contributed by atoms with Gasteiger partial charge in [-0.2, -0.15) is 0 Å². The standard InChI is InChI=1S/C20H25NO3/c1-3-4-5-8-15(2)21-20(23)14-24-19-12-11-16-9-6-7-10-17(16)18(19)13-22/h6-7,9-13,15H,3-5,8,14H2,1-2H3,(H,21,23). The normalized spacial score (nSPS) is 11.9. The van der Waals surface area contributed by atoms with Crippen molar-refractivity contribution in [3.05, 3.63) is 42.0 Å². The average Bonchev–Trinajstić information content (AvgIpc) is 2.59. The fourth-order valence-electron chi connectivity index (χ4n) is 2.76. The van der Waals surface area contributed by atoms with E-state index in [1.807, 2.05) is 37.3 Å². The molecule has 0 spiro atoms. The largest absolute Gasteiger partial charge is 0.483 e. The van der Waals surface area contributed by atoms with Gasteiger partial charge in [0.1, 0.15) is 5.75 Å². The van der Waals surface area contributed by atoms with Crippen molar-refractivity contribution in [1.82, 2.24) is 5.32 Å². The molecule has 2 aromatic rings. The predicted molar refractivity (Wildman–Crippen MR) is 96.6 cm³/mol. The van der Waals surface area contributed by atoms with Gasteiger partial charge in [0.15, 0.2) is 12.9 Å². The van der Waals surface area contributed by atoms with Crippen molar-refractivity contribution in [2.75, 3.05) is 6.61 Å². The lowest BCUT2D eigenvalue weighted by Gasteiger charge is -2.15. The highest BCUT2D eigenvalue weighted by atomic mass is 16.5. The van der Waals surface area contributed by atoms with Crippen molar-refractivity contribution in [2.45, 2.75) is 45.6 Å². The molecule has 0 aliphatic rings. The van der Waals surface area contributed by atoms with E-state index in [1.165, 1.54) is 12.8 Å². The quantitative estimate of drug-likeness (QED) is 0.557. The number of ether oxygens (including phenoxy) is 1. The van der Waals surface area contributed by atoms with Crippen molar-refractivity contribution in [2.24, 2.45) is 0 Å². The summed E-state index contributed by atoms with van der Waals surface area (Å²) in [5, 5.41) is 4.74. The number of hydrogen-bond donors (Lipinski definition) is 1. The molecule has 0 heterocycles. The second-order valence-corrected chi connectivity index (χ2v) is 6.07. The molecule has 0 aromatic heterocycles. The summed E-state index contributed by atoms with van der Waals surface area (Å²) >= 11 is 0. The van der Waals surface area contributed by atoms with E-state index >= 15 is 0 Å². The number of rotatable bonds is 9. The van der Waals surface area contributed by atoms with Crippen LogP contribution >= 0.6 is 0 Å². The molecule has 1 atom stereocenters. The number of nitrogens with one attached hydrogen (secondary N) is 1. The first-order valence-electron chi connectivity index (χ1n) is 8.54. The minimum Gasteiger partial charge on any atom is -0.483 e. The van der Waals surface area contributed by atoms with Crippen LogP contribution in [0.4, 0.5) is 0 Å². The van der Waals surface area contributed by atoms with E-state index < -0.39 is 0 Å². The Kier molecular flexibility index (Phi) is 6.79. The van der Waals surface area contributed by atoms with Gasteiger partial charge in [0, 0.05) is 6.04 Å². The SMILES string of the molecule is CCCCCC(C)NC(=O)COc1ccc2ccccc2c1C=O. The zero-order valence-electron chi connectivity index (χ0n) is 14.4. The molecular weight excluding hydrogens is 302 g/mol. The minimum absolute atomic E-state index is 0.0860. The molecule has 2 rings (SSSR count). The summed E-state index contributed by atoms with van der Waals surface area (Å²) in [6, 6.07) is 11.4. The monoisotopic (exact) mass is 327 g/mol. The topological polar surface area (TPSA) is 55.4 Å². The Hall–Kier alpha value is -2.36. The smallest absolute Gasteiger partial charge is 0.258 e. The third kappa shape index (κ3) is 4.82. The molecule has 4 nitrogen and oxygen atoms in total. The zero-order valence-corrected chi connectivity index (χ0v) is 14.4. The third-order valence-electron chi connectivity index (χ3n) is 4.06. The number of fused-ring (bicyclic) bond motifs is 1. The fourth-order valence-corrected chi connectivity index (χ4v) is 2.76. The molecule has 2 aromatic carbocycles. The summed E-state index contributed by atoms with van der Waals surface area (Å²) < 4.78 is 5.58. The Labute approximate surface area is 143 Å². The molecule has 128 valence electrons. The highest BCUT2D eigenvalue weighted by Crippen LogP contribution is 2.26. The molecule has 1 unspecified atom stereocenters. The second kappa shape index (κ2) is 9.06. The molecule has 0 bridgehead atoms. The number of carbonyl (C=O) groups excluding carboxylic acids is 2. The molecule has 0 aliphatic heterocycles. The van der Waals surface area contributed by atoms with Gasteiger partial charge in [-0.15, -0.1) is 0 Å². The summed E-state index contributed by atoms with van der Waals surface area (Å²) in [6.07, 6.45) is 5.20. The van der Waals surface area contributed by atoms with Gasteiger partial charge in [-0.1, -0.05) is 56.5 Å². The number of benzene rings is 2. The molecule has 24 heavy (non-hydrogen) atoms. The summed E-state index contributed by atoms with van der Waals surface area (Å²) in [6.45, 7) is 4.07. The van der Waals surface area contributed by atoms with Crippen molar-refractivity contribution < 1.29 is 14.3 Å². The second-order valence-electron chi connectivity index (χ2n) is 6.07. The molecule has 1 amide bonds. The molecule has 4 heteroatoms. The minimum atomic E-state index is -0.163. The predicted octanol–water partition coefficient (Wildman–Crippen LogP) is 4.12. The first kappa shape index (κ1) is 18.0. The lowest BCUT2D eigenvalue weighted by molar-refractivity contribution is -0.123. The highest BCUT2D eigenvalue weighted by molar-refractivity contribution is 6.00. The molecule has 0 saturated heterocycles. The number of unbranched alkanes of at least 4 members (excludes halogenated alkanes) is 2. The Bertz CT molecular complexity index is 696. The molecule has 0 radical (unpaired) electrons. The third-order valence-corrected chi connectivity index (χ3v) is 4.06. The van der Waals surface area contributed by atoms with E-state index in [0.717, 1.165) is 29.9 Å². The van der Waals surface area contributed by atoms with E-state index in [2.05, 4.69) is 12.2 Å². The van der Waals surface area contributed by atoms with Crippen molar-refractivity contribution in [3.8, 4) is 5.75 Å².